The first kappa shape index (κ1) is 12.7. The van der Waals surface area contributed by atoms with Crippen molar-refractivity contribution >= 4 is 34.7 Å². The quantitative estimate of drug-likeness (QED) is 0.524. The number of rotatable bonds is 3. The van der Waals surface area contributed by atoms with Crippen molar-refractivity contribution in [2.45, 2.75) is 9.79 Å². The van der Waals surface area contributed by atoms with E-state index in [1.807, 2.05) is 30.3 Å². The standard InChI is InChI=1S/C12H9ClN2O2S/c13-9-6-11(15(16)17)10(14)7-12(9)18-8-4-2-1-3-5-8/h1-7H,14H2. The highest BCUT2D eigenvalue weighted by atomic mass is 35.5. The van der Waals surface area contributed by atoms with E-state index in [4.69, 9.17) is 17.3 Å². The zero-order chi connectivity index (χ0) is 13.1. The fourth-order valence-corrected chi connectivity index (χ4v) is 2.57. The van der Waals surface area contributed by atoms with Gasteiger partial charge in [-0.25, -0.2) is 0 Å². The lowest BCUT2D eigenvalue weighted by Crippen LogP contribution is -1.96. The number of hydrogen-bond donors (Lipinski definition) is 1. The summed E-state index contributed by atoms with van der Waals surface area (Å²) in [5.74, 6) is 0. The van der Waals surface area contributed by atoms with Crippen molar-refractivity contribution in [3.8, 4) is 0 Å². The molecule has 4 nitrogen and oxygen atoms in total. The van der Waals surface area contributed by atoms with Gasteiger partial charge >= 0.3 is 0 Å². The maximum Gasteiger partial charge on any atom is 0.293 e. The second-order valence-electron chi connectivity index (χ2n) is 3.51. The van der Waals surface area contributed by atoms with Crippen LogP contribution < -0.4 is 5.73 Å². The molecular formula is C12H9ClN2O2S. The summed E-state index contributed by atoms with van der Waals surface area (Å²) in [4.78, 5) is 11.9. The lowest BCUT2D eigenvalue weighted by molar-refractivity contribution is -0.383. The molecule has 0 unspecified atom stereocenters. The molecule has 2 aromatic rings. The molecule has 0 saturated heterocycles. The van der Waals surface area contributed by atoms with E-state index in [0.717, 1.165) is 4.90 Å². The Hall–Kier alpha value is -1.72. The number of halogens is 1. The molecule has 0 aliphatic rings. The molecule has 0 amide bonds. The van der Waals surface area contributed by atoms with Crippen molar-refractivity contribution in [3.63, 3.8) is 0 Å². The van der Waals surface area contributed by atoms with E-state index in [1.54, 1.807) is 0 Å². The topological polar surface area (TPSA) is 69.2 Å². The highest BCUT2D eigenvalue weighted by molar-refractivity contribution is 7.99. The Kier molecular flexibility index (Phi) is 3.74. The summed E-state index contributed by atoms with van der Waals surface area (Å²) in [5, 5.41) is 11.0. The zero-order valence-corrected chi connectivity index (χ0v) is 10.7. The lowest BCUT2D eigenvalue weighted by Gasteiger charge is -2.06. The molecule has 0 aromatic heterocycles. The van der Waals surface area contributed by atoms with Crippen LogP contribution in [0, 0.1) is 10.1 Å². The Balaban J connectivity index is 2.35. The number of nitrogens with two attached hydrogens (primary N) is 1. The van der Waals surface area contributed by atoms with Gasteiger partial charge in [0.05, 0.1) is 9.95 Å². The highest BCUT2D eigenvalue weighted by Crippen LogP contribution is 2.38. The third-order valence-corrected chi connectivity index (χ3v) is 3.74. The molecule has 0 radical (unpaired) electrons. The van der Waals surface area contributed by atoms with Gasteiger partial charge in [-0.05, 0) is 18.2 Å². The van der Waals surface area contributed by atoms with E-state index in [9.17, 15) is 10.1 Å². The zero-order valence-electron chi connectivity index (χ0n) is 9.17. The largest absolute Gasteiger partial charge is 0.393 e. The molecule has 2 rings (SSSR count). The van der Waals surface area contributed by atoms with Crippen molar-refractivity contribution in [3.05, 3.63) is 57.6 Å². The molecule has 0 atom stereocenters. The maximum atomic E-state index is 10.7. The number of benzene rings is 2. The van der Waals surface area contributed by atoms with Crippen LogP contribution in [-0.4, -0.2) is 4.92 Å². The maximum absolute atomic E-state index is 10.7. The van der Waals surface area contributed by atoms with E-state index in [1.165, 1.54) is 23.9 Å². The SMILES string of the molecule is Nc1cc(Sc2ccccc2)c(Cl)cc1[N+](=O)[O-]. The molecule has 0 bridgehead atoms. The van der Waals surface area contributed by atoms with Crippen LogP contribution in [0.1, 0.15) is 0 Å². The van der Waals surface area contributed by atoms with E-state index >= 15 is 0 Å². The molecule has 18 heavy (non-hydrogen) atoms. The first-order valence-electron chi connectivity index (χ1n) is 5.04. The summed E-state index contributed by atoms with van der Waals surface area (Å²) in [6.07, 6.45) is 0. The summed E-state index contributed by atoms with van der Waals surface area (Å²) in [5.41, 5.74) is 5.58. The number of nitro groups is 1. The third kappa shape index (κ3) is 2.75. The van der Waals surface area contributed by atoms with E-state index in [2.05, 4.69) is 0 Å². The van der Waals surface area contributed by atoms with Gasteiger partial charge in [-0.15, -0.1) is 0 Å². The molecule has 6 heteroatoms. The lowest BCUT2D eigenvalue weighted by atomic mass is 10.3. The Labute approximate surface area is 113 Å². The van der Waals surface area contributed by atoms with Gasteiger partial charge in [0, 0.05) is 15.9 Å². The van der Waals surface area contributed by atoms with Gasteiger partial charge in [0.2, 0.25) is 0 Å². The first-order chi connectivity index (χ1) is 8.58. The fourth-order valence-electron chi connectivity index (χ4n) is 1.41. The molecule has 0 saturated carbocycles. The summed E-state index contributed by atoms with van der Waals surface area (Å²) in [7, 11) is 0. The van der Waals surface area contributed by atoms with Crippen molar-refractivity contribution in [1.82, 2.24) is 0 Å². The molecule has 0 heterocycles. The molecule has 0 aliphatic carbocycles. The van der Waals surface area contributed by atoms with Crippen LogP contribution in [-0.2, 0) is 0 Å². The van der Waals surface area contributed by atoms with Gasteiger partial charge in [0.1, 0.15) is 5.69 Å². The number of nitrogen functional groups attached to an aromatic ring is 1. The van der Waals surface area contributed by atoms with Gasteiger partial charge in [-0.3, -0.25) is 10.1 Å². The highest BCUT2D eigenvalue weighted by Gasteiger charge is 2.15. The van der Waals surface area contributed by atoms with Gasteiger partial charge in [0.25, 0.3) is 5.69 Å². The van der Waals surface area contributed by atoms with Crippen LogP contribution in [0.4, 0.5) is 11.4 Å². The van der Waals surface area contributed by atoms with Crippen molar-refractivity contribution < 1.29 is 4.92 Å². The minimum atomic E-state index is -0.543. The third-order valence-electron chi connectivity index (χ3n) is 2.25. The average Bonchev–Trinajstić information content (AvgIpc) is 2.34. The molecule has 2 N–H and O–H groups in total. The van der Waals surface area contributed by atoms with Gasteiger partial charge in [0.15, 0.2) is 0 Å². The molecule has 0 spiro atoms. The Morgan fingerprint density at radius 2 is 1.89 bits per heavy atom. The van der Waals surface area contributed by atoms with Crippen LogP contribution in [0.2, 0.25) is 5.02 Å². The van der Waals surface area contributed by atoms with Crippen LogP contribution >= 0.6 is 23.4 Å². The minimum absolute atomic E-state index is 0.114. The number of nitro benzene ring substituents is 1. The number of anilines is 1. The first-order valence-corrected chi connectivity index (χ1v) is 6.23. The van der Waals surface area contributed by atoms with Crippen molar-refractivity contribution in [2.24, 2.45) is 0 Å². The van der Waals surface area contributed by atoms with Gasteiger partial charge in [-0.1, -0.05) is 41.6 Å². The molecule has 0 aliphatic heterocycles. The van der Waals surface area contributed by atoms with E-state index < -0.39 is 4.92 Å². The molecule has 92 valence electrons. The van der Waals surface area contributed by atoms with E-state index in [-0.39, 0.29) is 11.4 Å². The second kappa shape index (κ2) is 5.29. The van der Waals surface area contributed by atoms with Gasteiger partial charge in [-0.2, -0.15) is 0 Å². The van der Waals surface area contributed by atoms with Crippen LogP contribution in [0.15, 0.2) is 52.3 Å². The molecule has 2 aromatic carbocycles. The van der Waals surface area contributed by atoms with Crippen LogP contribution in [0.5, 0.6) is 0 Å². The van der Waals surface area contributed by atoms with E-state index in [0.29, 0.717) is 9.92 Å². The fraction of sp³-hybridized carbons (Fsp3) is 0. The Morgan fingerprint density at radius 1 is 1.22 bits per heavy atom. The predicted molar refractivity (Wildman–Crippen MR) is 73.1 cm³/mol. The average molecular weight is 281 g/mol. The predicted octanol–water partition coefficient (Wildman–Crippen LogP) is 3.98. The smallest absolute Gasteiger partial charge is 0.293 e. The van der Waals surface area contributed by atoms with Crippen molar-refractivity contribution in [1.29, 1.82) is 0 Å². The summed E-state index contributed by atoms with van der Waals surface area (Å²) >= 11 is 7.43. The Bertz CT molecular complexity index is 590. The number of hydrogen-bond acceptors (Lipinski definition) is 4. The molecule has 0 fully saturated rings. The minimum Gasteiger partial charge on any atom is -0.393 e. The molecular weight excluding hydrogens is 272 g/mol. The van der Waals surface area contributed by atoms with Crippen LogP contribution in [0.25, 0.3) is 0 Å². The Morgan fingerprint density at radius 3 is 2.50 bits per heavy atom. The normalized spacial score (nSPS) is 10.3. The summed E-state index contributed by atoms with van der Waals surface area (Å²) in [6.45, 7) is 0. The summed E-state index contributed by atoms with van der Waals surface area (Å²) in [6, 6.07) is 12.4. The van der Waals surface area contributed by atoms with Gasteiger partial charge < -0.3 is 5.73 Å². The monoisotopic (exact) mass is 280 g/mol. The number of nitrogens with zero attached hydrogens (tertiary/aromatic N) is 1. The van der Waals surface area contributed by atoms with Crippen LogP contribution in [0.3, 0.4) is 0 Å². The van der Waals surface area contributed by atoms with Crippen molar-refractivity contribution in [2.75, 3.05) is 5.73 Å². The summed E-state index contributed by atoms with van der Waals surface area (Å²) < 4.78 is 0. The second-order valence-corrected chi connectivity index (χ2v) is 5.04.